The molecule has 0 atom stereocenters. The van der Waals surface area contributed by atoms with Crippen LogP contribution in [0.5, 0.6) is 0 Å². The Balaban J connectivity index is 2.89. The normalized spacial score (nSPS) is 10.2. The van der Waals surface area contributed by atoms with Gasteiger partial charge >= 0.3 is 5.97 Å². The maximum absolute atomic E-state index is 11.7. The lowest BCUT2D eigenvalue weighted by atomic mass is 10.1. The molecule has 0 aromatic heterocycles. The number of hydrogen-bond acceptors (Lipinski definition) is 4. The van der Waals surface area contributed by atoms with Gasteiger partial charge in [-0.2, -0.15) is 0 Å². The third kappa shape index (κ3) is 3.65. The summed E-state index contributed by atoms with van der Waals surface area (Å²) in [6, 6.07) is 5.47. The number of ether oxygens (including phenoxy) is 1. The van der Waals surface area contributed by atoms with Crippen LogP contribution >= 0.6 is 0 Å². The summed E-state index contributed by atoms with van der Waals surface area (Å²) in [5, 5.41) is 0. The molecule has 2 N–H and O–H groups in total. The molecule has 0 heterocycles. The monoisotopic (exact) mass is 250 g/mol. The Kier molecular flexibility index (Phi) is 5.49. The Morgan fingerprint density at radius 2 is 2.11 bits per heavy atom. The molecule has 0 unspecified atom stereocenters. The van der Waals surface area contributed by atoms with Gasteiger partial charge < -0.3 is 15.4 Å². The van der Waals surface area contributed by atoms with E-state index in [2.05, 4.69) is 11.8 Å². The van der Waals surface area contributed by atoms with E-state index >= 15 is 0 Å². The van der Waals surface area contributed by atoms with E-state index in [0.717, 1.165) is 25.1 Å². The summed E-state index contributed by atoms with van der Waals surface area (Å²) in [6.07, 6.45) is 2.26. The molecule has 1 aromatic rings. The highest BCUT2D eigenvalue weighted by molar-refractivity contribution is 5.96. The first-order chi connectivity index (χ1) is 8.60. The van der Waals surface area contributed by atoms with Crippen LogP contribution in [0.2, 0.25) is 0 Å². The van der Waals surface area contributed by atoms with Crippen molar-refractivity contribution in [3.8, 4) is 0 Å². The molecule has 0 fully saturated rings. The minimum Gasteiger partial charge on any atom is -0.462 e. The fourth-order valence-corrected chi connectivity index (χ4v) is 1.69. The van der Waals surface area contributed by atoms with Crippen LogP contribution in [-0.2, 0) is 4.74 Å². The standard InChI is InChI=1S/C14H22N2O2/c1-4-6-9-16(3)11-7-8-13(15)12(10-11)14(17)18-5-2/h7-8,10H,4-6,9,15H2,1-3H3. The topological polar surface area (TPSA) is 55.6 Å². The summed E-state index contributed by atoms with van der Waals surface area (Å²) in [4.78, 5) is 13.9. The molecule has 0 saturated heterocycles. The van der Waals surface area contributed by atoms with Gasteiger partial charge in [-0.15, -0.1) is 0 Å². The zero-order chi connectivity index (χ0) is 13.5. The molecule has 4 heteroatoms. The van der Waals surface area contributed by atoms with Crippen LogP contribution in [0.25, 0.3) is 0 Å². The fraction of sp³-hybridized carbons (Fsp3) is 0.500. The Morgan fingerprint density at radius 1 is 1.39 bits per heavy atom. The molecule has 0 aliphatic heterocycles. The zero-order valence-corrected chi connectivity index (χ0v) is 11.4. The zero-order valence-electron chi connectivity index (χ0n) is 11.4. The summed E-state index contributed by atoms with van der Waals surface area (Å²) in [5.41, 5.74) is 7.69. The Morgan fingerprint density at radius 3 is 2.72 bits per heavy atom. The van der Waals surface area contributed by atoms with Gasteiger partial charge in [-0.1, -0.05) is 13.3 Å². The fourth-order valence-electron chi connectivity index (χ4n) is 1.69. The van der Waals surface area contributed by atoms with Crippen molar-refractivity contribution in [3.05, 3.63) is 23.8 Å². The van der Waals surface area contributed by atoms with Crippen molar-refractivity contribution in [1.29, 1.82) is 0 Å². The number of anilines is 2. The van der Waals surface area contributed by atoms with Crippen molar-refractivity contribution in [2.75, 3.05) is 30.8 Å². The van der Waals surface area contributed by atoms with Crippen molar-refractivity contribution >= 4 is 17.3 Å². The van der Waals surface area contributed by atoms with E-state index in [0.29, 0.717) is 17.9 Å². The first-order valence-electron chi connectivity index (χ1n) is 6.37. The van der Waals surface area contributed by atoms with E-state index < -0.39 is 0 Å². The van der Waals surface area contributed by atoms with Gasteiger partial charge in [0.05, 0.1) is 12.2 Å². The smallest absolute Gasteiger partial charge is 0.340 e. The maximum Gasteiger partial charge on any atom is 0.340 e. The molecule has 0 spiro atoms. The van der Waals surface area contributed by atoms with E-state index in [9.17, 15) is 4.79 Å². The molecule has 0 amide bonds. The Bertz CT molecular complexity index is 405. The van der Waals surface area contributed by atoms with Crippen molar-refractivity contribution in [3.63, 3.8) is 0 Å². The summed E-state index contributed by atoms with van der Waals surface area (Å²) in [7, 11) is 2.01. The lowest BCUT2D eigenvalue weighted by molar-refractivity contribution is 0.0527. The number of carbonyl (C=O) groups is 1. The van der Waals surface area contributed by atoms with Gasteiger partial charge in [-0.3, -0.25) is 0 Å². The van der Waals surface area contributed by atoms with Crippen LogP contribution in [0.1, 0.15) is 37.0 Å². The average Bonchev–Trinajstić information content (AvgIpc) is 2.36. The summed E-state index contributed by atoms with van der Waals surface area (Å²) in [6.45, 7) is 5.25. The summed E-state index contributed by atoms with van der Waals surface area (Å²) < 4.78 is 4.99. The molecule has 1 aromatic carbocycles. The van der Waals surface area contributed by atoms with Crippen LogP contribution in [0, 0.1) is 0 Å². The molecule has 0 bridgehead atoms. The van der Waals surface area contributed by atoms with Gasteiger partial charge in [-0.05, 0) is 31.5 Å². The predicted octanol–water partition coefficient (Wildman–Crippen LogP) is 2.68. The molecule has 0 saturated carbocycles. The highest BCUT2D eigenvalue weighted by atomic mass is 16.5. The summed E-state index contributed by atoms with van der Waals surface area (Å²) in [5.74, 6) is -0.360. The molecule has 0 radical (unpaired) electrons. The number of hydrogen-bond donors (Lipinski definition) is 1. The molecular formula is C14H22N2O2. The highest BCUT2D eigenvalue weighted by Crippen LogP contribution is 2.21. The first-order valence-corrected chi connectivity index (χ1v) is 6.37. The highest BCUT2D eigenvalue weighted by Gasteiger charge is 2.12. The molecule has 0 aliphatic rings. The molecule has 1 rings (SSSR count). The van der Waals surface area contributed by atoms with Crippen molar-refractivity contribution in [2.45, 2.75) is 26.7 Å². The van der Waals surface area contributed by atoms with Gasteiger partial charge in [0.15, 0.2) is 0 Å². The molecule has 0 aliphatic carbocycles. The number of esters is 1. The third-order valence-electron chi connectivity index (χ3n) is 2.82. The van der Waals surface area contributed by atoms with E-state index in [1.165, 1.54) is 0 Å². The second-order valence-corrected chi connectivity index (χ2v) is 4.27. The Labute approximate surface area is 109 Å². The average molecular weight is 250 g/mol. The molecule has 18 heavy (non-hydrogen) atoms. The van der Waals surface area contributed by atoms with Gasteiger partial charge in [-0.25, -0.2) is 4.79 Å². The van der Waals surface area contributed by atoms with Crippen LogP contribution in [0.4, 0.5) is 11.4 Å². The number of benzene rings is 1. The van der Waals surface area contributed by atoms with Crippen molar-refractivity contribution in [1.82, 2.24) is 0 Å². The number of nitrogen functional groups attached to an aromatic ring is 1. The van der Waals surface area contributed by atoms with Crippen LogP contribution in [-0.4, -0.2) is 26.2 Å². The first kappa shape index (κ1) is 14.4. The second-order valence-electron chi connectivity index (χ2n) is 4.27. The van der Waals surface area contributed by atoms with Crippen LogP contribution < -0.4 is 10.6 Å². The minimum absolute atomic E-state index is 0.355. The quantitative estimate of drug-likeness (QED) is 0.623. The van der Waals surface area contributed by atoms with E-state index in [4.69, 9.17) is 10.5 Å². The van der Waals surface area contributed by atoms with Gasteiger partial charge in [0, 0.05) is 25.0 Å². The van der Waals surface area contributed by atoms with Gasteiger partial charge in [0.2, 0.25) is 0 Å². The number of nitrogens with zero attached hydrogens (tertiary/aromatic N) is 1. The number of carbonyl (C=O) groups excluding carboxylic acids is 1. The van der Waals surface area contributed by atoms with E-state index in [1.807, 2.05) is 13.1 Å². The largest absolute Gasteiger partial charge is 0.462 e. The van der Waals surface area contributed by atoms with E-state index in [1.54, 1.807) is 19.1 Å². The Hall–Kier alpha value is -1.71. The molecular weight excluding hydrogens is 228 g/mol. The lowest BCUT2D eigenvalue weighted by Gasteiger charge is -2.20. The number of rotatable bonds is 6. The summed E-state index contributed by atoms with van der Waals surface area (Å²) >= 11 is 0. The van der Waals surface area contributed by atoms with Crippen molar-refractivity contribution < 1.29 is 9.53 Å². The maximum atomic E-state index is 11.7. The molecule has 100 valence electrons. The van der Waals surface area contributed by atoms with Crippen LogP contribution in [0.15, 0.2) is 18.2 Å². The number of nitrogens with two attached hydrogens (primary N) is 1. The third-order valence-corrected chi connectivity index (χ3v) is 2.82. The number of unbranched alkanes of at least 4 members (excludes halogenated alkanes) is 1. The van der Waals surface area contributed by atoms with E-state index in [-0.39, 0.29) is 5.97 Å². The predicted molar refractivity (Wildman–Crippen MR) is 75.0 cm³/mol. The van der Waals surface area contributed by atoms with Gasteiger partial charge in [0.1, 0.15) is 0 Å². The lowest BCUT2D eigenvalue weighted by Crippen LogP contribution is -2.19. The minimum atomic E-state index is -0.360. The SMILES string of the molecule is CCCCN(C)c1ccc(N)c(C(=O)OCC)c1. The van der Waals surface area contributed by atoms with Gasteiger partial charge in [0.25, 0.3) is 0 Å². The van der Waals surface area contributed by atoms with Crippen LogP contribution in [0.3, 0.4) is 0 Å². The van der Waals surface area contributed by atoms with Crippen molar-refractivity contribution in [2.24, 2.45) is 0 Å². The second kappa shape index (κ2) is 6.89. The molecule has 4 nitrogen and oxygen atoms in total.